The number of fused-ring (bicyclic) bond motifs is 2. The minimum absolute atomic E-state index is 0.242. The molecule has 0 bridgehead atoms. The first-order valence-corrected chi connectivity index (χ1v) is 7.92. The van der Waals surface area contributed by atoms with Crippen LogP contribution in [0.1, 0.15) is 11.3 Å². The molecule has 4 aromatic rings. The summed E-state index contributed by atoms with van der Waals surface area (Å²) in [6.45, 7) is 3.93. The van der Waals surface area contributed by atoms with Gasteiger partial charge in [0.25, 0.3) is 0 Å². The lowest BCUT2D eigenvalue weighted by atomic mass is 10.1. The van der Waals surface area contributed by atoms with E-state index in [0.29, 0.717) is 21.5 Å². The highest BCUT2D eigenvalue weighted by atomic mass is 32.1. The number of aryl methyl sites for hydroxylation is 2. The number of nitrogen functional groups attached to an aromatic ring is 1. The Balaban J connectivity index is 2.05. The molecule has 0 fully saturated rings. The molecule has 0 aliphatic rings. The fourth-order valence-electron chi connectivity index (χ4n) is 2.74. The van der Waals surface area contributed by atoms with Crippen LogP contribution in [0.25, 0.3) is 31.9 Å². The molecule has 0 amide bonds. The molecule has 6 heteroatoms. The van der Waals surface area contributed by atoms with Gasteiger partial charge in [0.15, 0.2) is 0 Å². The Bertz CT molecular complexity index is 1130. The number of aromatic nitrogens is 2. The van der Waals surface area contributed by atoms with Crippen LogP contribution < -0.4 is 11.4 Å². The third-order valence-electron chi connectivity index (χ3n) is 3.75. The molecular weight excluding hydrogens is 310 g/mol. The molecule has 114 valence electrons. The fraction of sp³-hybridized carbons (Fsp3) is 0.118. The van der Waals surface area contributed by atoms with Gasteiger partial charge in [0, 0.05) is 11.1 Å². The lowest BCUT2D eigenvalue weighted by Gasteiger charge is -2.01. The van der Waals surface area contributed by atoms with Gasteiger partial charge in [0.2, 0.25) is 5.89 Å². The topological polar surface area (TPSA) is 82.0 Å². The number of nitrogens with zero attached hydrogens (tertiary/aromatic N) is 2. The van der Waals surface area contributed by atoms with Crippen LogP contribution in [-0.2, 0) is 0 Å². The first-order valence-electron chi connectivity index (χ1n) is 7.11. The third kappa shape index (κ3) is 2.10. The summed E-state index contributed by atoms with van der Waals surface area (Å²) < 4.78 is 5.39. The van der Waals surface area contributed by atoms with Gasteiger partial charge in [-0.1, -0.05) is 12.1 Å². The molecule has 0 radical (unpaired) electrons. The van der Waals surface area contributed by atoms with Crippen LogP contribution in [-0.4, -0.2) is 9.97 Å². The van der Waals surface area contributed by atoms with E-state index in [1.165, 1.54) is 11.3 Å². The van der Waals surface area contributed by atoms with E-state index in [2.05, 4.69) is 9.97 Å². The summed E-state index contributed by atoms with van der Waals surface area (Å²) in [5, 5.41) is 1.36. The van der Waals surface area contributed by atoms with Gasteiger partial charge in [-0.2, -0.15) is 0 Å². The van der Waals surface area contributed by atoms with Gasteiger partial charge >= 0.3 is 5.63 Å². The van der Waals surface area contributed by atoms with Gasteiger partial charge in [-0.05, 0) is 37.6 Å². The quantitative estimate of drug-likeness (QED) is 0.578. The van der Waals surface area contributed by atoms with Crippen LogP contribution in [0.4, 0.5) is 5.69 Å². The highest BCUT2D eigenvalue weighted by molar-refractivity contribution is 7.22. The molecule has 23 heavy (non-hydrogen) atoms. The molecule has 0 unspecified atom stereocenters. The lowest BCUT2D eigenvalue weighted by Crippen LogP contribution is -2.02. The van der Waals surface area contributed by atoms with Gasteiger partial charge in [0.05, 0.1) is 16.6 Å². The molecule has 3 heterocycles. The number of hydrogen-bond donors (Lipinski definition) is 1. The van der Waals surface area contributed by atoms with Crippen LogP contribution >= 0.6 is 11.3 Å². The molecular formula is C17H13N3O2S. The number of anilines is 1. The van der Waals surface area contributed by atoms with Crippen molar-refractivity contribution in [1.82, 2.24) is 9.97 Å². The number of rotatable bonds is 1. The molecule has 0 aliphatic carbocycles. The number of benzene rings is 1. The van der Waals surface area contributed by atoms with E-state index < -0.39 is 5.63 Å². The number of pyridine rings is 1. The van der Waals surface area contributed by atoms with Crippen LogP contribution in [0, 0.1) is 13.8 Å². The van der Waals surface area contributed by atoms with Crippen molar-refractivity contribution in [1.29, 1.82) is 0 Å². The monoisotopic (exact) mass is 323 g/mol. The third-order valence-corrected chi connectivity index (χ3v) is 4.84. The first kappa shape index (κ1) is 13.9. The Morgan fingerprint density at radius 2 is 1.96 bits per heavy atom. The van der Waals surface area contributed by atoms with E-state index in [1.807, 2.05) is 26.0 Å². The van der Waals surface area contributed by atoms with Crippen molar-refractivity contribution in [3.05, 3.63) is 52.0 Å². The van der Waals surface area contributed by atoms with Crippen molar-refractivity contribution < 1.29 is 4.42 Å². The van der Waals surface area contributed by atoms with Crippen molar-refractivity contribution in [3.8, 4) is 10.8 Å². The van der Waals surface area contributed by atoms with E-state index in [1.54, 1.807) is 18.2 Å². The maximum Gasteiger partial charge on any atom is 0.347 e. The summed E-state index contributed by atoms with van der Waals surface area (Å²) in [5.41, 5.74) is 9.00. The van der Waals surface area contributed by atoms with Gasteiger partial charge in [-0.15, -0.1) is 11.3 Å². The van der Waals surface area contributed by atoms with Gasteiger partial charge in [-0.25, -0.2) is 14.8 Å². The summed E-state index contributed by atoms with van der Waals surface area (Å²) in [5.74, 6) is 0.242. The number of hydrogen-bond acceptors (Lipinski definition) is 6. The van der Waals surface area contributed by atoms with Crippen molar-refractivity contribution >= 4 is 38.1 Å². The average molecular weight is 323 g/mol. The second kappa shape index (κ2) is 4.89. The van der Waals surface area contributed by atoms with Crippen molar-refractivity contribution in [3.63, 3.8) is 0 Å². The van der Waals surface area contributed by atoms with Crippen molar-refractivity contribution in [2.24, 2.45) is 0 Å². The number of nitrogens with two attached hydrogens (primary N) is 1. The van der Waals surface area contributed by atoms with E-state index in [-0.39, 0.29) is 5.89 Å². The van der Waals surface area contributed by atoms with Gasteiger partial charge < -0.3 is 10.2 Å². The highest BCUT2D eigenvalue weighted by Gasteiger charge is 2.18. The normalized spacial score (nSPS) is 11.4. The average Bonchev–Trinajstić information content (AvgIpc) is 2.84. The van der Waals surface area contributed by atoms with E-state index in [9.17, 15) is 4.79 Å². The van der Waals surface area contributed by atoms with Gasteiger partial charge in [0.1, 0.15) is 9.71 Å². The maximum absolute atomic E-state index is 12.2. The smallest absolute Gasteiger partial charge is 0.347 e. The predicted octanol–water partition coefficient (Wildman–Crippen LogP) is 3.66. The molecule has 0 saturated carbocycles. The van der Waals surface area contributed by atoms with E-state index in [4.69, 9.17) is 10.2 Å². The van der Waals surface area contributed by atoms with Crippen LogP contribution in [0.5, 0.6) is 0 Å². The summed E-state index contributed by atoms with van der Waals surface area (Å²) in [6.07, 6.45) is 0. The standard InChI is InChI=1S/C17H13N3O2S/c1-8-7-9(2)19-16-12(8)13(18)14(23-16)15-20-11-6-4-3-5-10(11)17(21)22-15/h3-7H,18H2,1-2H3. The Morgan fingerprint density at radius 3 is 2.78 bits per heavy atom. The zero-order valence-electron chi connectivity index (χ0n) is 12.6. The summed E-state index contributed by atoms with van der Waals surface area (Å²) in [4.78, 5) is 22.6. The van der Waals surface area contributed by atoms with Gasteiger partial charge in [-0.3, -0.25) is 0 Å². The molecule has 1 aromatic carbocycles. The zero-order chi connectivity index (χ0) is 16.1. The minimum Gasteiger partial charge on any atom is -0.402 e. The van der Waals surface area contributed by atoms with Crippen LogP contribution in [0.3, 0.4) is 0 Å². The summed E-state index contributed by atoms with van der Waals surface area (Å²) >= 11 is 1.39. The predicted molar refractivity (Wildman–Crippen MR) is 92.8 cm³/mol. The molecule has 0 saturated heterocycles. The molecule has 5 nitrogen and oxygen atoms in total. The second-order valence-electron chi connectivity index (χ2n) is 5.43. The van der Waals surface area contributed by atoms with Crippen molar-refractivity contribution in [2.45, 2.75) is 13.8 Å². The maximum atomic E-state index is 12.2. The first-order chi connectivity index (χ1) is 11.0. The summed E-state index contributed by atoms with van der Waals surface area (Å²) in [7, 11) is 0. The molecule has 3 aromatic heterocycles. The Kier molecular flexibility index (Phi) is 2.96. The fourth-order valence-corrected chi connectivity index (χ4v) is 3.89. The Labute approximate surface area is 135 Å². The largest absolute Gasteiger partial charge is 0.402 e. The summed E-state index contributed by atoms with van der Waals surface area (Å²) in [6, 6.07) is 9.08. The molecule has 4 rings (SSSR count). The SMILES string of the molecule is Cc1cc(C)c2c(N)c(-c3nc4ccccc4c(=O)o3)sc2n1. The van der Waals surface area contributed by atoms with Crippen molar-refractivity contribution in [2.75, 3.05) is 5.73 Å². The lowest BCUT2D eigenvalue weighted by molar-refractivity contribution is 0.520. The Hall–Kier alpha value is -2.73. The molecule has 0 atom stereocenters. The van der Waals surface area contributed by atoms with Crippen LogP contribution in [0.2, 0.25) is 0 Å². The molecule has 0 aliphatic heterocycles. The van der Waals surface area contributed by atoms with E-state index >= 15 is 0 Å². The number of para-hydroxylation sites is 1. The molecule has 2 N–H and O–H groups in total. The van der Waals surface area contributed by atoms with E-state index in [0.717, 1.165) is 21.5 Å². The molecule has 0 spiro atoms. The minimum atomic E-state index is -0.414. The Morgan fingerprint density at radius 1 is 1.17 bits per heavy atom. The number of thiophene rings is 1. The zero-order valence-corrected chi connectivity index (χ0v) is 13.4. The van der Waals surface area contributed by atoms with Crippen LogP contribution in [0.15, 0.2) is 39.5 Å². The highest BCUT2D eigenvalue weighted by Crippen LogP contribution is 2.40. The second-order valence-corrected chi connectivity index (χ2v) is 6.43.